The van der Waals surface area contributed by atoms with Gasteiger partial charge in [-0.15, -0.1) is 11.3 Å². The Morgan fingerprint density at radius 3 is 2.94 bits per heavy atom. The van der Waals surface area contributed by atoms with Crippen LogP contribution in [0.1, 0.15) is 16.1 Å². The van der Waals surface area contributed by atoms with Gasteiger partial charge in [-0.3, -0.25) is 4.79 Å². The molecule has 0 radical (unpaired) electrons. The van der Waals surface area contributed by atoms with E-state index in [0.29, 0.717) is 16.7 Å². The van der Waals surface area contributed by atoms with Gasteiger partial charge < -0.3 is 0 Å². The predicted octanol–water partition coefficient (Wildman–Crippen LogP) is 3.55. The Labute approximate surface area is 101 Å². The van der Waals surface area contributed by atoms with Crippen molar-refractivity contribution in [2.75, 3.05) is 0 Å². The number of aryl methyl sites for hydroxylation is 1. The molecule has 2 aromatic rings. The minimum Gasteiger partial charge on any atom is -0.298 e. The topological polar surface area (TPSA) is 30.0 Å². The molecule has 0 bridgehead atoms. The Kier molecular flexibility index (Phi) is 3.36. The molecule has 0 unspecified atom stereocenters. The Bertz CT molecular complexity index is 524. The number of thiazole rings is 1. The van der Waals surface area contributed by atoms with Crippen molar-refractivity contribution >= 4 is 29.4 Å². The first-order chi connectivity index (χ1) is 7.70. The summed E-state index contributed by atoms with van der Waals surface area (Å²) in [5, 5.41) is 1.89. The van der Waals surface area contributed by atoms with E-state index >= 15 is 0 Å². The number of nitrogens with zero attached hydrogens (tertiary/aromatic N) is 1. The van der Waals surface area contributed by atoms with Crippen molar-refractivity contribution in [3.63, 3.8) is 0 Å². The zero-order valence-electron chi connectivity index (χ0n) is 8.44. The van der Waals surface area contributed by atoms with Gasteiger partial charge in [0.25, 0.3) is 0 Å². The molecule has 5 heteroatoms. The summed E-state index contributed by atoms with van der Waals surface area (Å²) in [4.78, 5) is 15.3. The highest BCUT2D eigenvalue weighted by atomic mass is 32.2. The van der Waals surface area contributed by atoms with Crippen LogP contribution in [0.15, 0.2) is 32.8 Å². The average molecular weight is 253 g/mol. The molecular formula is C11H8FNOS2. The molecular weight excluding hydrogens is 245 g/mol. The first-order valence-electron chi connectivity index (χ1n) is 4.54. The maximum absolute atomic E-state index is 13.5. The van der Waals surface area contributed by atoms with Crippen LogP contribution >= 0.6 is 23.1 Å². The second-order valence-corrected chi connectivity index (χ2v) is 5.25. The smallest absolute Gasteiger partial charge is 0.155 e. The third-order valence-electron chi connectivity index (χ3n) is 1.91. The summed E-state index contributed by atoms with van der Waals surface area (Å²) in [7, 11) is 0. The number of aldehydes is 1. The fourth-order valence-corrected chi connectivity index (χ4v) is 3.06. The molecule has 0 fully saturated rings. The second-order valence-electron chi connectivity index (χ2n) is 3.13. The van der Waals surface area contributed by atoms with Gasteiger partial charge in [0.15, 0.2) is 10.6 Å². The summed E-state index contributed by atoms with van der Waals surface area (Å²) in [5.41, 5.74) is 1.26. The van der Waals surface area contributed by atoms with E-state index in [1.165, 1.54) is 35.2 Å². The second kappa shape index (κ2) is 4.76. The van der Waals surface area contributed by atoms with Crippen LogP contribution in [0.4, 0.5) is 4.39 Å². The standard InChI is InChI=1S/C11H8FNOS2/c1-7-6-15-11(13-7)16-10-8(5-14)3-2-4-9(10)12/h2-6H,1H3. The zero-order valence-corrected chi connectivity index (χ0v) is 10.1. The van der Waals surface area contributed by atoms with Gasteiger partial charge in [0.05, 0.1) is 4.90 Å². The van der Waals surface area contributed by atoms with Gasteiger partial charge in [-0.25, -0.2) is 9.37 Å². The first-order valence-corrected chi connectivity index (χ1v) is 6.24. The summed E-state index contributed by atoms with van der Waals surface area (Å²) < 4.78 is 14.3. The lowest BCUT2D eigenvalue weighted by molar-refractivity contribution is 0.112. The summed E-state index contributed by atoms with van der Waals surface area (Å²) in [6.07, 6.45) is 0.659. The van der Waals surface area contributed by atoms with Crippen molar-refractivity contribution in [3.8, 4) is 0 Å². The van der Waals surface area contributed by atoms with Crippen LogP contribution in [0, 0.1) is 12.7 Å². The minimum absolute atomic E-state index is 0.340. The molecule has 0 amide bonds. The van der Waals surface area contributed by atoms with Gasteiger partial charge in [0.1, 0.15) is 5.82 Å². The van der Waals surface area contributed by atoms with Gasteiger partial charge in [-0.05, 0) is 13.0 Å². The van der Waals surface area contributed by atoms with E-state index in [2.05, 4.69) is 4.98 Å². The first kappa shape index (κ1) is 11.3. The summed E-state index contributed by atoms with van der Waals surface area (Å²) >= 11 is 2.63. The van der Waals surface area contributed by atoms with Crippen LogP contribution in [0.2, 0.25) is 0 Å². The van der Waals surface area contributed by atoms with Gasteiger partial charge in [-0.2, -0.15) is 0 Å². The highest BCUT2D eigenvalue weighted by Crippen LogP contribution is 2.33. The third kappa shape index (κ3) is 2.31. The van der Waals surface area contributed by atoms with Crippen LogP contribution in [0.25, 0.3) is 0 Å². The van der Waals surface area contributed by atoms with Crippen molar-refractivity contribution in [2.24, 2.45) is 0 Å². The van der Waals surface area contributed by atoms with Crippen molar-refractivity contribution in [2.45, 2.75) is 16.2 Å². The molecule has 0 aliphatic heterocycles. The lowest BCUT2D eigenvalue weighted by Gasteiger charge is -2.02. The van der Waals surface area contributed by atoms with Gasteiger partial charge >= 0.3 is 0 Å². The highest BCUT2D eigenvalue weighted by molar-refractivity contribution is 8.01. The lowest BCUT2D eigenvalue weighted by Crippen LogP contribution is -1.89. The Balaban J connectivity index is 2.37. The van der Waals surface area contributed by atoms with Crippen LogP contribution < -0.4 is 0 Å². The lowest BCUT2D eigenvalue weighted by atomic mass is 10.2. The number of benzene rings is 1. The van der Waals surface area contributed by atoms with E-state index in [-0.39, 0.29) is 5.82 Å². The molecule has 2 nitrogen and oxygen atoms in total. The number of aromatic nitrogens is 1. The molecule has 0 N–H and O–H groups in total. The maximum Gasteiger partial charge on any atom is 0.155 e. The van der Waals surface area contributed by atoms with Crippen LogP contribution in [-0.2, 0) is 0 Å². The van der Waals surface area contributed by atoms with E-state index in [4.69, 9.17) is 0 Å². The molecule has 0 aliphatic rings. The molecule has 0 atom stereocenters. The van der Waals surface area contributed by atoms with Crippen LogP contribution in [0.5, 0.6) is 0 Å². The van der Waals surface area contributed by atoms with Gasteiger partial charge in [-0.1, -0.05) is 23.9 Å². The number of carbonyl (C=O) groups excluding carboxylic acids is 1. The van der Waals surface area contributed by atoms with Crippen molar-refractivity contribution in [1.29, 1.82) is 0 Å². The molecule has 82 valence electrons. The largest absolute Gasteiger partial charge is 0.298 e. The number of carbonyl (C=O) groups is 1. The number of rotatable bonds is 3. The predicted molar refractivity (Wildman–Crippen MR) is 62.8 cm³/mol. The number of hydrogen-bond donors (Lipinski definition) is 0. The molecule has 1 heterocycles. The maximum atomic E-state index is 13.5. The van der Waals surface area contributed by atoms with E-state index in [0.717, 1.165) is 10.0 Å². The summed E-state index contributed by atoms with van der Waals surface area (Å²) in [5.74, 6) is -0.387. The fourth-order valence-electron chi connectivity index (χ4n) is 1.19. The quantitative estimate of drug-likeness (QED) is 0.783. The molecule has 16 heavy (non-hydrogen) atoms. The molecule has 0 spiro atoms. The molecule has 0 aliphatic carbocycles. The number of hydrogen-bond acceptors (Lipinski definition) is 4. The SMILES string of the molecule is Cc1csc(Sc2c(F)cccc2C=O)n1. The van der Waals surface area contributed by atoms with Gasteiger partial charge in [0.2, 0.25) is 0 Å². The van der Waals surface area contributed by atoms with Crippen molar-refractivity contribution < 1.29 is 9.18 Å². The minimum atomic E-state index is -0.387. The zero-order chi connectivity index (χ0) is 11.5. The van der Waals surface area contributed by atoms with E-state index in [1.807, 2.05) is 12.3 Å². The molecule has 0 saturated heterocycles. The molecule has 1 aromatic carbocycles. The average Bonchev–Trinajstić information content (AvgIpc) is 2.67. The highest BCUT2D eigenvalue weighted by Gasteiger charge is 2.11. The van der Waals surface area contributed by atoms with Crippen molar-refractivity contribution in [1.82, 2.24) is 4.98 Å². The third-order valence-corrected chi connectivity index (χ3v) is 4.10. The molecule has 2 rings (SSSR count). The summed E-state index contributed by atoms with van der Waals surface area (Å²) in [6, 6.07) is 4.46. The monoisotopic (exact) mass is 253 g/mol. The van der Waals surface area contributed by atoms with Crippen LogP contribution in [0.3, 0.4) is 0 Å². The number of halogens is 1. The van der Waals surface area contributed by atoms with E-state index in [9.17, 15) is 9.18 Å². The Hall–Kier alpha value is -1.20. The van der Waals surface area contributed by atoms with Gasteiger partial charge in [0, 0.05) is 16.6 Å². The normalized spacial score (nSPS) is 10.4. The molecule has 1 aromatic heterocycles. The summed E-state index contributed by atoms with van der Waals surface area (Å²) in [6.45, 7) is 1.88. The van der Waals surface area contributed by atoms with E-state index in [1.54, 1.807) is 6.07 Å². The fraction of sp³-hybridized carbons (Fsp3) is 0.0909. The van der Waals surface area contributed by atoms with Crippen LogP contribution in [-0.4, -0.2) is 11.3 Å². The molecule has 0 saturated carbocycles. The van der Waals surface area contributed by atoms with Crippen molar-refractivity contribution in [3.05, 3.63) is 40.7 Å². The Morgan fingerprint density at radius 1 is 1.50 bits per heavy atom. The van der Waals surface area contributed by atoms with E-state index < -0.39 is 0 Å². The Morgan fingerprint density at radius 2 is 2.31 bits per heavy atom.